The molecule has 2 fully saturated rings. The zero-order valence-corrected chi connectivity index (χ0v) is 14.1. The number of nitrogens with zero attached hydrogens (tertiary/aromatic N) is 1. The Labute approximate surface area is 136 Å². The molecule has 0 radical (unpaired) electrons. The molecule has 0 amide bonds. The number of hydrogen-bond acceptors (Lipinski definition) is 5. The Morgan fingerprint density at radius 3 is 2.73 bits per heavy atom. The van der Waals surface area contributed by atoms with Crippen molar-refractivity contribution in [3.05, 3.63) is 35.9 Å². The third-order valence-electron chi connectivity index (χ3n) is 3.76. The molecular weight excluding hydrogens is 298 g/mol. The maximum absolute atomic E-state index is 12.3. The minimum atomic E-state index is -0.455. The van der Waals surface area contributed by atoms with E-state index in [2.05, 4.69) is 17.0 Å². The first kappa shape index (κ1) is 15.8. The number of benzene rings is 1. The third-order valence-corrected chi connectivity index (χ3v) is 4.87. The summed E-state index contributed by atoms with van der Waals surface area (Å²) in [6.45, 7) is 5.97. The molecule has 0 saturated carbocycles. The van der Waals surface area contributed by atoms with Crippen LogP contribution in [0, 0.1) is 0 Å². The van der Waals surface area contributed by atoms with Crippen molar-refractivity contribution in [2.45, 2.75) is 44.7 Å². The van der Waals surface area contributed by atoms with Crippen LogP contribution in [0.15, 0.2) is 30.3 Å². The van der Waals surface area contributed by atoms with Gasteiger partial charge in [-0.15, -0.1) is 0 Å². The van der Waals surface area contributed by atoms with Gasteiger partial charge in [-0.05, 0) is 26.3 Å². The van der Waals surface area contributed by atoms with Crippen molar-refractivity contribution < 1.29 is 14.3 Å². The number of rotatable bonds is 3. The van der Waals surface area contributed by atoms with Crippen LogP contribution >= 0.6 is 11.8 Å². The highest BCUT2D eigenvalue weighted by molar-refractivity contribution is 7.99. The van der Waals surface area contributed by atoms with E-state index in [4.69, 9.17) is 9.47 Å². The van der Waals surface area contributed by atoms with Crippen molar-refractivity contribution in [3.63, 3.8) is 0 Å². The fourth-order valence-electron chi connectivity index (χ4n) is 2.80. The Kier molecular flexibility index (Phi) is 4.48. The molecular formula is C17H23NO3S. The van der Waals surface area contributed by atoms with E-state index in [1.807, 2.05) is 50.7 Å². The Morgan fingerprint density at radius 2 is 2.05 bits per heavy atom. The molecule has 1 aromatic carbocycles. The fraction of sp³-hybridized carbons (Fsp3) is 0.588. The van der Waals surface area contributed by atoms with Crippen LogP contribution in [-0.4, -0.2) is 46.9 Å². The molecule has 3 rings (SSSR count). The van der Waals surface area contributed by atoms with Crippen molar-refractivity contribution in [3.8, 4) is 0 Å². The number of fused-ring (bicyclic) bond motifs is 1. The van der Waals surface area contributed by atoms with Gasteiger partial charge in [-0.3, -0.25) is 9.69 Å². The summed E-state index contributed by atoms with van der Waals surface area (Å²) in [5, 5.41) is 0. The van der Waals surface area contributed by atoms with Crippen molar-refractivity contribution in [2.24, 2.45) is 0 Å². The molecule has 4 nitrogen and oxygen atoms in total. The summed E-state index contributed by atoms with van der Waals surface area (Å²) < 4.78 is 11.2. The third kappa shape index (κ3) is 3.83. The van der Waals surface area contributed by atoms with E-state index in [1.54, 1.807) is 0 Å². The van der Waals surface area contributed by atoms with Crippen LogP contribution in [0.25, 0.3) is 0 Å². The van der Waals surface area contributed by atoms with Crippen LogP contribution < -0.4 is 0 Å². The lowest BCUT2D eigenvalue weighted by atomic mass is 10.1. The Morgan fingerprint density at radius 1 is 1.32 bits per heavy atom. The molecule has 2 aliphatic rings. The van der Waals surface area contributed by atoms with Gasteiger partial charge in [-0.2, -0.15) is 11.8 Å². The zero-order valence-electron chi connectivity index (χ0n) is 13.3. The average Bonchev–Trinajstić information content (AvgIpc) is 3.20. The van der Waals surface area contributed by atoms with Gasteiger partial charge >= 0.3 is 5.97 Å². The van der Waals surface area contributed by atoms with Crippen LogP contribution in [0.3, 0.4) is 0 Å². The molecule has 1 unspecified atom stereocenters. The van der Waals surface area contributed by atoms with Crippen LogP contribution in [0.2, 0.25) is 0 Å². The number of carbonyl (C=O) groups is 1. The van der Waals surface area contributed by atoms with Crippen LogP contribution in [-0.2, 0) is 14.3 Å². The van der Waals surface area contributed by atoms with Gasteiger partial charge < -0.3 is 9.47 Å². The summed E-state index contributed by atoms with van der Waals surface area (Å²) in [5.41, 5.74) is 0.777. The maximum Gasteiger partial charge on any atom is 0.320 e. The number of epoxide rings is 1. The van der Waals surface area contributed by atoms with Crippen molar-refractivity contribution in [2.75, 3.05) is 18.1 Å². The second-order valence-corrected chi connectivity index (χ2v) is 7.86. The minimum absolute atomic E-state index is 0.0488. The van der Waals surface area contributed by atoms with Gasteiger partial charge in [0.1, 0.15) is 17.9 Å². The van der Waals surface area contributed by atoms with E-state index in [9.17, 15) is 4.79 Å². The van der Waals surface area contributed by atoms with Crippen molar-refractivity contribution >= 4 is 17.7 Å². The number of ether oxygens (including phenoxy) is 2. The first-order valence-corrected chi connectivity index (χ1v) is 8.85. The van der Waals surface area contributed by atoms with Gasteiger partial charge in [0.25, 0.3) is 0 Å². The molecule has 120 valence electrons. The maximum atomic E-state index is 12.3. The first-order chi connectivity index (χ1) is 10.4. The van der Waals surface area contributed by atoms with Crippen LogP contribution in [0.1, 0.15) is 32.4 Å². The molecule has 0 spiro atoms. The lowest BCUT2D eigenvalue weighted by Gasteiger charge is -2.30. The predicted molar refractivity (Wildman–Crippen MR) is 87.7 cm³/mol. The molecule has 22 heavy (non-hydrogen) atoms. The standard InChI is InChI=1S/C17H23NO3S/c1-17(2,3)21-15(19)9-18-13(12-7-5-4-6-8-12)10-22-11-14-16(18)20-14/h4-8,13-14,16H,9-11H2,1-3H3/t13-,14-,16?/m0/s1. The van der Waals surface area contributed by atoms with Gasteiger partial charge in [-0.25, -0.2) is 0 Å². The highest BCUT2D eigenvalue weighted by atomic mass is 32.2. The largest absolute Gasteiger partial charge is 0.459 e. The normalized spacial score (nSPS) is 28.6. The molecule has 0 N–H and O–H groups in total. The fourth-order valence-corrected chi connectivity index (χ4v) is 4.02. The summed E-state index contributed by atoms with van der Waals surface area (Å²) in [4.78, 5) is 14.4. The molecule has 0 bridgehead atoms. The smallest absolute Gasteiger partial charge is 0.320 e. The summed E-state index contributed by atoms with van der Waals surface area (Å²) in [5.74, 6) is 1.79. The van der Waals surface area contributed by atoms with Gasteiger partial charge in [0, 0.05) is 17.5 Å². The number of thioether (sulfide) groups is 1. The van der Waals surface area contributed by atoms with Crippen molar-refractivity contribution in [1.82, 2.24) is 4.90 Å². The molecule has 2 aliphatic heterocycles. The van der Waals surface area contributed by atoms with E-state index in [0.29, 0.717) is 0 Å². The number of hydrogen-bond donors (Lipinski definition) is 0. The first-order valence-electron chi connectivity index (χ1n) is 7.70. The predicted octanol–water partition coefficient (Wildman–Crippen LogP) is 2.84. The second kappa shape index (κ2) is 6.22. The Bertz CT molecular complexity index is 528. The van der Waals surface area contributed by atoms with Crippen LogP contribution in [0.4, 0.5) is 0 Å². The molecule has 5 heteroatoms. The summed E-state index contributed by atoms with van der Waals surface area (Å²) in [7, 11) is 0. The molecule has 1 aromatic rings. The highest BCUT2D eigenvalue weighted by Gasteiger charge is 2.49. The molecule has 2 heterocycles. The lowest BCUT2D eigenvalue weighted by molar-refractivity contribution is -0.157. The topological polar surface area (TPSA) is 42.1 Å². The summed E-state index contributed by atoms with van der Waals surface area (Å²) >= 11 is 1.89. The molecule has 0 aromatic heterocycles. The molecule has 3 atom stereocenters. The Balaban J connectivity index is 1.76. The minimum Gasteiger partial charge on any atom is -0.459 e. The second-order valence-electron chi connectivity index (χ2n) is 6.79. The summed E-state index contributed by atoms with van der Waals surface area (Å²) in [6, 6.07) is 10.5. The summed E-state index contributed by atoms with van der Waals surface area (Å²) in [6.07, 6.45) is 0.300. The van der Waals surface area contributed by atoms with Crippen LogP contribution in [0.5, 0.6) is 0 Å². The van der Waals surface area contributed by atoms with E-state index in [0.717, 1.165) is 11.5 Å². The van der Waals surface area contributed by atoms with E-state index >= 15 is 0 Å². The quantitative estimate of drug-likeness (QED) is 0.632. The van der Waals surface area contributed by atoms with Crippen molar-refractivity contribution in [1.29, 1.82) is 0 Å². The molecule has 2 saturated heterocycles. The van der Waals surface area contributed by atoms with E-state index in [-0.39, 0.29) is 30.9 Å². The van der Waals surface area contributed by atoms with E-state index in [1.165, 1.54) is 5.56 Å². The molecule has 0 aliphatic carbocycles. The Hall–Kier alpha value is -1.04. The zero-order chi connectivity index (χ0) is 15.7. The van der Waals surface area contributed by atoms with Gasteiger partial charge in [0.2, 0.25) is 0 Å². The van der Waals surface area contributed by atoms with E-state index < -0.39 is 5.60 Å². The lowest BCUT2D eigenvalue weighted by Crippen LogP contribution is -2.40. The van der Waals surface area contributed by atoms with Gasteiger partial charge in [0.05, 0.1) is 6.54 Å². The average molecular weight is 321 g/mol. The SMILES string of the molecule is CC(C)(C)OC(=O)CN1C2O[C@H]2CSC[C@H]1c1ccccc1. The number of carbonyl (C=O) groups excluding carboxylic acids is 1. The van der Waals surface area contributed by atoms with Gasteiger partial charge in [-0.1, -0.05) is 30.3 Å². The monoisotopic (exact) mass is 321 g/mol. The highest BCUT2D eigenvalue weighted by Crippen LogP contribution is 2.40. The van der Waals surface area contributed by atoms with Gasteiger partial charge in [0.15, 0.2) is 0 Å². The number of esters is 1.